The summed E-state index contributed by atoms with van der Waals surface area (Å²) in [5.74, 6) is 0.910. The Morgan fingerprint density at radius 1 is 1.19 bits per heavy atom. The van der Waals surface area contributed by atoms with Gasteiger partial charge in [-0.3, -0.25) is 0 Å². The van der Waals surface area contributed by atoms with Crippen LogP contribution in [0.2, 0.25) is 0 Å². The lowest BCUT2D eigenvalue weighted by atomic mass is 10.2. The maximum atomic E-state index is 5.12. The summed E-state index contributed by atoms with van der Waals surface area (Å²) in [4.78, 5) is 2.27. The van der Waals surface area contributed by atoms with Gasteiger partial charge < -0.3 is 9.64 Å². The van der Waals surface area contributed by atoms with Crippen molar-refractivity contribution >= 4 is 12.4 Å². The zero-order valence-electron chi connectivity index (χ0n) is 9.30. The van der Waals surface area contributed by atoms with Gasteiger partial charge >= 0.3 is 0 Å². The highest BCUT2D eigenvalue weighted by Gasteiger charge is 2.01. The van der Waals surface area contributed by atoms with Gasteiger partial charge in [-0.05, 0) is 30.0 Å². The summed E-state index contributed by atoms with van der Waals surface area (Å²) < 4.78 is 5.12. The number of nitrogens with zero attached hydrogens (tertiary/aromatic N) is 1. The second kappa shape index (κ2) is 6.23. The Kier molecular flexibility index (Phi) is 4.93. The summed E-state index contributed by atoms with van der Waals surface area (Å²) in [5, 5.41) is 0. The van der Waals surface area contributed by atoms with Crippen LogP contribution in [-0.2, 0) is 6.54 Å². The van der Waals surface area contributed by atoms with Crippen molar-refractivity contribution < 1.29 is 4.74 Å². The third kappa shape index (κ3) is 3.31. The molecule has 2 rings (SSSR count). The molecule has 0 N–H and O–H groups in total. The first-order valence-corrected chi connectivity index (χ1v) is 5.09. The Bertz CT molecular complexity index is 370. The van der Waals surface area contributed by atoms with Crippen LogP contribution in [0.5, 0.6) is 5.75 Å². The predicted octanol–water partition coefficient (Wildman–Crippen LogP) is 3.00. The molecule has 0 fully saturated rings. The van der Waals surface area contributed by atoms with Crippen LogP contribution in [-0.4, -0.2) is 18.6 Å². The zero-order chi connectivity index (χ0) is 10.5. The first-order valence-electron chi connectivity index (χ1n) is 5.09. The highest BCUT2D eigenvalue weighted by atomic mass is 35.5. The fourth-order valence-corrected chi connectivity index (χ4v) is 1.59. The van der Waals surface area contributed by atoms with Gasteiger partial charge in [0.15, 0.2) is 0 Å². The molecule has 1 heterocycles. The molecule has 1 aliphatic rings. The van der Waals surface area contributed by atoms with Crippen molar-refractivity contribution in [1.29, 1.82) is 0 Å². The van der Waals surface area contributed by atoms with E-state index in [0.29, 0.717) is 0 Å². The van der Waals surface area contributed by atoms with E-state index in [9.17, 15) is 0 Å². The summed E-state index contributed by atoms with van der Waals surface area (Å²) in [7, 11) is 1.69. The molecule has 16 heavy (non-hydrogen) atoms. The van der Waals surface area contributed by atoms with E-state index in [2.05, 4.69) is 41.5 Å². The van der Waals surface area contributed by atoms with E-state index in [1.54, 1.807) is 7.11 Å². The fourth-order valence-electron chi connectivity index (χ4n) is 1.59. The lowest BCUT2D eigenvalue weighted by Crippen LogP contribution is -2.17. The van der Waals surface area contributed by atoms with Crippen LogP contribution in [0.15, 0.2) is 48.7 Å². The van der Waals surface area contributed by atoms with Crippen molar-refractivity contribution in [2.75, 3.05) is 13.7 Å². The van der Waals surface area contributed by atoms with Gasteiger partial charge in [0, 0.05) is 13.1 Å². The number of benzene rings is 1. The van der Waals surface area contributed by atoms with Crippen molar-refractivity contribution in [1.82, 2.24) is 4.90 Å². The minimum Gasteiger partial charge on any atom is -0.497 e. The van der Waals surface area contributed by atoms with Gasteiger partial charge in [-0.2, -0.15) is 0 Å². The summed E-state index contributed by atoms with van der Waals surface area (Å²) in [6, 6.07) is 8.20. The van der Waals surface area contributed by atoms with Crippen molar-refractivity contribution in [2.45, 2.75) is 6.54 Å². The Morgan fingerprint density at radius 2 is 1.94 bits per heavy atom. The maximum absolute atomic E-state index is 5.12. The van der Waals surface area contributed by atoms with E-state index >= 15 is 0 Å². The molecule has 1 aromatic rings. The molecule has 0 unspecified atom stereocenters. The molecule has 3 heteroatoms. The molecule has 1 aliphatic heterocycles. The van der Waals surface area contributed by atoms with Crippen LogP contribution in [0.3, 0.4) is 0 Å². The largest absolute Gasteiger partial charge is 0.497 e. The number of hydrogen-bond donors (Lipinski definition) is 0. The SMILES string of the molecule is COc1ccc(CN2C=CC=CC2)cc1.Cl. The van der Waals surface area contributed by atoms with E-state index in [1.807, 2.05) is 12.1 Å². The monoisotopic (exact) mass is 237 g/mol. The highest BCUT2D eigenvalue weighted by Crippen LogP contribution is 2.13. The van der Waals surface area contributed by atoms with Gasteiger partial charge in [-0.1, -0.05) is 24.3 Å². The minimum absolute atomic E-state index is 0. The summed E-state index contributed by atoms with van der Waals surface area (Å²) in [6.45, 7) is 1.94. The maximum Gasteiger partial charge on any atom is 0.118 e. The smallest absolute Gasteiger partial charge is 0.118 e. The Labute approximate surface area is 103 Å². The Balaban J connectivity index is 0.00000128. The number of hydrogen-bond acceptors (Lipinski definition) is 2. The lowest BCUT2D eigenvalue weighted by molar-refractivity contribution is 0.402. The number of methoxy groups -OCH3 is 1. The third-order valence-electron chi connectivity index (χ3n) is 2.43. The highest BCUT2D eigenvalue weighted by molar-refractivity contribution is 5.85. The van der Waals surface area contributed by atoms with Crippen molar-refractivity contribution in [2.24, 2.45) is 0 Å². The van der Waals surface area contributed by atoms with E-state index in [4.69, 9.17) is 4.74 Å². The summed E-state index contributed by atoms with van der Waals surface area (Å²) >= 11 is 0. The fraction of sp³-hybridized carbons (Fsp3) is 0.231. The molecular formula is C13H16ClNO. The zero-order valence-corrected chi connectivity index (χ0v) is 10.1. The molecule has 0 saturated carbocycles. The van der Waals surface area contributed by atoms with Crippen molar-refractivity contribution in [3.63, 3.8) is 0 Å². The number of halogens is 1. The van der Waals surface area contributed by atoms with E-state index in [0.717, 1.165) is 18.8 Å². The first-order chi connectivity index (χ1) is 7.38. The van der Waals surface area contributed by atoms with Crippen molar-refractivity contribution in [3.05, 3.63) is 54.3 Å². The molecule has 0 amide bonds. The normalized spacial score (nSPS) is 13.4. The average molecular weight is 238 g/mol. The van der Waals surface area contributed by atoms with Gasteiger partial charge in [0.25, 0.3) is 0 Å². The van der Waals surface area contributed by atoms with Crippen LogP contribution in [0.1, 0.15) is 5.56 Å². The molecule has 0 spiro atoms. The molecule has 2 nitrogen and oxygen atoms in total. The number of allylic oxidation sites excluding steroid dienone is 2. The molecular weight excluding hydrogens is 222 g/mol. The summed E-state index contributed by atoms with van der Waals surface area (Å²) in [5.41, 5.74) is 1.30. The topological polar surface area (TPSA) is 12.5 Å². The second-order valence-corrected chi connectivity index (χ2v) is 3.55. The van der Waals surface area contributed by atoms with Gasteiger partial charge in [0.1, 0.15) is 5.75 Å². The van der Waals surface area contributed by atoms with Gasteiger partial charge in [0.2, 0.25) is 0 Å². The van der Waals surface area contributed by atoms with Crippen LogP contribution in [0, 0.1) is 0 Å². The average Bonchev–Trinajstić information content (AvgIpc) is 2.31. The number of ether oxygens (including phenoxy) is 1. The van der Waals surface area contributed by atoms with Gasteiger partial charge in [-0.25, -0.2) is 0 Å². The Morgan fingerprint density at radius 3 is 2.50 bits per heavy atom. The van der Waals surface area contributed by atoms with Crippen LogP contribution in [0.25, 0.3) is 0 Å². The molecule has 86 valence electrons. The lowest BCUT2D eigenvalue weighted by Gasteiger charge is -2.20. The number of rotatable bonds is 3. The predicted molar refractivity (Wildman–Crippen MR) is 68.9 cm³/mol. The molecule has 0 atom stereocenters. The van der Waals surface area contributed by atoms with Crippen LogP contribution >= 0.6 is 12.4 Å². The first kappa shape index (κ1) is 12.7. The molecule has 0 aromatic heterocycles. The third-order valence-corrected chi connectivity index (χ3v) is 2.43. The minimum atomic E-state index is 0. The molecule has 1 aromatic carbocycles. The van der Waals surface area contributed by atoms with E-state index in [-0.39, 0.29) is 12.4 Å². The van der Waals surface area contributed by atoms with Gasteiger partial charge in [-0.15, -0.1) is 12.4 Å². The van der Waals surface area contributed by atoms with Crippen LogP contribution in [0.4, 0.5) is 0 Å². The van der Waals surface area contributed by atoms with E-state index < -0.39 is 0 Å². The van der Waals surface area contributed by atoms with E-state index in [1.165, 1.54) is 5.56 Å². The second-order valence-electron chi connectivity index (χ2n) is 3.55. The molecule has 0 bridgehead atoms. The summed E-state index contributed by atoms with van der Waals surface area (Å²) in [6.07, 6.45) is 8.41. The van der Waals surface area contributed by atoms with Gasteiger partial charge in [0.05, 0.1) is 7.11 Å². The molecule has 0 saturated heterocycles. The van der Waals surface area contributed by atoms with Crippen LogP contribution < -0.4 is 4.74 Å². The quantitative estimate of drug-likeness (QED) is 0.802. The molecule has 0 radical (unpaired) electrons. The standard InChI is InChI=1S/C13H15NO.ClH/c1-15-13-7-5-12(6-8-13)11-14-9-3-2-4-10-14;/h2-9H,10-11H2,1H3;1H. The Hall–Kier alpha value is -1.41. The molecule has 0 aliphatic carbocycles. The van der Waals surface area contributed by atoms with Crippen molar-refractivity contribution in [3.8, 4) is 5.75 Å².